The Morgan fingerprint density at radius 1 is 1.25 bits per heavy atom. The van der Waals surface area contributed by atoms with Crippen LogP contribution in [0.1, 0.15) is 0 Å². The highest BCUT2D eigenvalue weighted by Gasteiger charge is 2.18. The highest BCUT2D eigenvalue weighted by Crippen LogP contribution is 2.54. The Labute approximate surface area is 157 Å². The van der Waals surface area contributed by atoms with Gasteiger partial charge in [0, 0.05) is 16.2 Å². The first-order valence-corrected chi connectivity index (χ1v) is 13.1. The Morgan fingerprint density at radius 3 is 2.58 bits per heavy atom. The molecular weight excluding hydrogens is 412 g/mol. The van der Waals surface area contributed by atoms with E-state index in [0.717, 1.165) is 28.1 Å². The summed E-state index contributed by atoms with van der Waals surface area (Å²) in [6.07, 6.45) is 13.2. The average Bonchev–Trinajstić information content (AvgIpc) is 2.91. The van der Waals surface area contributed by atoms with Crippen molar-refractivity contribution in [3.05, 3.63) is 34.2 Å². The third-order valence-electron chi connectivity index (χ3n) is 3.52. The van der Waals surface area contributed by atoms with Crippen molar-refractivity contribution in [2.45, 2.75) is 6.73 Å². The van der Waals surface area contributed by atoms with Gasteiger partial charge in [-0.05, 0) is 42.9 Å². The smallest absolute Gasteiger partial charge is 0.138 e. The predicted octanol–water partition coefficient (Wildman–Crippen LogP) is 4.54. The standard InChI is InChI=1S/C17H26BrClN2O2S/c1-22-17-8-13(14(18)9-15(17)19)16-10-21(11-20-16)12-23-6-7-24(2,3,4)5/h8-11,24H,6-7,12H2,1-5H3. The lowest BCUT2D eigenvalue weighted by Gasteiger charge is -2.46. The van der Waals surface area contributed by atoms with E-state index in [4.69, 9.17) is 21.1 Å². The van der Waals surface area contributed by atoms with Gasteiger partial charge in [0.2, 0.25) is 0 Å². The molecule has 0 saturated carbocycles. The molecule has 0 aliphatic rings. The van der Waals surface area contributed by atoms with E-state index in [1.165, 1.54) is 0 Å². The molecule has 0 atom stereocenters. The average molecular weight is 438 g/mol. The molecule has 0 fully saturated rings. The van der Waals surface area contributed by atoms with Crippen molar-refractivity contribution in [3.63, 3.8) is 0 Å². The lowest BCUT2D eigenvalue weighted by atomic mass is 10.1. The number of halogens is 2. The molecule has 1 aromatic carbocycles. The van der Waals surface area contributed by atoms with Crippen LogP contribution in [-0.4, -0.2) is 54.0 Å². The zero-order valence-corrected chi connectivity index (χ0v) is 18.1. The van der Waals surface area contributed by atoms with Gasteiger partial charge < -0.3 is 14.0 Å². The number of thiol groups is 1. The SMILES string of the molecule is COc1cc(-c2cn(COCC[SH](C)(C)(C)C)cn2)c(Br)cc1Cl. The molecule has 2 aromatic rings. The van der Waals surface area contributed by atoms with E-state index in [2.05, 4.69) is 45.9 Å². The van der Waals surface area contributed by atoms with Crippen molar-refractivity contribution in [1.29, 1.82) is 0 Å². The summed E-state index contributed by atoms with van der Waals surface area (Å²) in [4.78, 5) is 4.46. The Hall–Kier alpha value is -0.690. The minimum absolute atomic E-state index is 0.502. The summed E-state index contributed by atoms with van der Waals surface area (Å²) in [5.74, 6) is 1.75. The van der Waals surface area contributed by atoms with Crippen molar-refractivity contribution < 1.29 is 9.47 Å². The van der Waals surface area contributed by atoms with Crippen molar-refractivity contribution in [2.75, 3.05) is 44.5 Å². The molecule has 0 aliphatic carbocycles. The van der Waals surface area contributed by atoms with Crippen LogP contribution in [-0.2, 0) is 11.5 Å². The zero-order chi connectivity index (χ0) is 18.0. The van der Waals surface area contributed by atoms with Gasteiger partial charge in [0.1, 0.15) is 12.5 Å². The summed E-state index contributed by atoms with van der Waals surface area (Å²) in [7, 11) is 0.0939. The van der Waals surface area contributed by atoms with Gasteiger partial charge in [-0.2, -0.15) is 0 Å². The second-order valence-corrected chi connectivity index (χ2v) is 17.6. The highest BCUT2D eigenvalue weighted by molar-refractivity contribution is 9.10. The molecule has 2 rings (SSSR count). The van der Waals surface area contributed by atoms with E-state index in [0.29, 0.717) is 17.5 Å². The number of imidazole rings is 1. The maximum Gasteiger partial charge on any atom is 0.138 e. The lowest BCUT2D eigenvalue weighted by molar-refractivity contribution is 0.0894. The summed E-state index contributed by atoms with van der Waals surface area (Å²) in [5, 5.41) is 0.565. The fraction of sp³-hybridized carbons (Fsp3) is 0.471. The first-order chi connectivity index (χ1) is 11.0. The molecule has 0 amide bonds. The molecular formula is C17H26BrClN2O2S. The molecule has 1 heterocycles. The van der Waals surface area contributed by atoms with Crippen LogP contribution in [0.4, 0.5) is 0 Å². The maximum absolute atomic E-state index is 6.13. The molecule has 0 bridgehead atoms. The summed E-state index contributed by atoms with van der Waals surface area (Å²) in [6.45, 7) is 1.27. The second-order valence-electron chi connectivity index (χ2n) is 7.95. The normalized spacial score (nSPS) is 13.5. The van der Waals surface area contributed by atoms with Crippen LogP contribution in [0.15, 0.2) is 29.1 Å². The molecule has 0 aliphatic heterocycles. The van der Waals surface area contributed by atoms with Gasteiger partial charge >= 0.3 is 0 Å². The van der Waals surface area contributed by atoms with E-state index in [1.54, 1.807) is 13.4 Å². The van der Waals surface area contributed by atoms with E-state index < -0.39 is 9.16 Å². The molecule has 136 valence electrons. The van der Waals surface area contributed by atoms with Crippen molar-refractivity contribution >= 4 is 36.7 Å². The van der Waals surface area contributed by atoms with Crippen LogP contribution >= 0.6 is 36.7 Å². The minimum Gasteiger partial charge on any atom is -0.495 e. The highest BCUT2D eigenvalue weighted by atomic mass is 79.9. The number of ether oxygens (including phenoxy) is 2. The summed E-state index contributed by atoms with van der Waals surface area (Å²) < 4.78 is 13.9. The molecule has 0 saturated heterocycles. The van der Waals surface area contributed by atoms with Crippen LogP contribution in [0, 0.1) is 0 Å². The molecule has 0 N–H and O–H groups in total. The van der Waals surface area contributed by atoms with E-state index in [9.17, 15) is 0 Å². The molecule has 24 heavy (non-hydrogen) atoms. The molecule has 7 heteroatoms. The van der Waals surface area contributed by atoms with Gasteiger partial charge in [0.05, 0.1) is 30.8 Å². The molecule has 0 unspecified atom stereocenters. The van der Waals surface area contributed by atoms with E-state index in [1.807, 2.05) is 22.9 Å². The monoisotopic (exact) mass is 436 g/mol. The van der Waals surface area contributed by atoms with Crippen LogP contribution in [0.3, 0.4) is 0 Å². The maximum atomic E-state index is 6.13. The number of methoxy groups -OCH3 is 1. The third kappa shape index (κ3) is 5.69. The summed E-state index contributed by atoms with van der Waals surface area (Å²) >= 11 is 9.66. The van der Waals surface area contributed by atoms with Gasteiger partial charge in [-0.1, -0.05) is 27.5 Å². The number of aromatic nitrogens is 2. The number of rotatable bonds is 7. The first-order valence-electron chi connectivity index (χ1n) is 7.68. The summed E-state index contributed by atoms with van der Waals surface area (Å²) in [6, 6.07) is 3.70. The minimum atomic E-state index is -1.51. The van der Waals surface area contributed by atoms with Gasteiger partial charge in [0.25, 0.3) is 0 Å². The van der Waals surface area contributed by atoms with Crippen LogP contribution < -0.4 is 4.74 Å². The third-order valence-corrected chi connectivity index (χ3v) is 6.44. The summed E-state index contributed by atoms with van der Waals surface area (Å²) in [5.41, 5.74) is 1.78. The number of hydrogen-bond acceptors (Lipinski definition) is 3. The molecule has 1 aromatic heterocycles. The van der Waals surface area contributed by atoms with Crippen LogP contribution in [0.5, 0.6) is 5.75 Å². The molecule has 0 spiro atoms. The fourth-order valence-electron chi connectivity index (χ4n) is 2.05. The topological polar surface area (TPSA) is 36.3 Å². The van der Waals surface area contributed by atoms with Gasteiger partial charge in [0.15, 0.2) is 0 Å². The largest absolute Gasteiger partial charge is 0.495 e. The lowest BCUT2D eigenvalue weighted by Crippen LogP contribution is -2.19. The van der Waals surface area contributed by atoms with Crippen LogP contribution in [0.2, 0.25) is 5.02 Å². The quantitative estimate of drug-likeness (QED) is 0.510. The predicted molar refractivity (Wildman–Crippen MR) is 110 cm³/mol. The number of nitrogens with zero attached hydrogens (tertiary/aromatic N) is 2. The van der Waals surface area contributed by atoms with E-state index in [-0.39, 0.29) is 0 Å². The number of hydrogen-bond donors (Lipinski definition) is 1. The Kier molecular flexibility index (Phi) is 5.95. The first kappa shape index (κ1) is 19.6. The van der Waals surface area contributed by atoms with Crippen molar-refractivity contribution in [2.24, 2.45) is 0 Å². The Morgan fingerprint density at radius 2 is 1.96 bits per heavy atom. The fourth-order valence-corrected chi connectivity index (χ4v) is 3.83. The van der Waals surface area contributed by atoms with Crippen molar-refractivity contribution in [1.82, 2.24) is 9.55 Å². The van der Waals surface area contributed by atoms with Crippen molar-refractivity contribution in [3.8, 4) is 17.0 Å². The molecule has 4 nitrogen and oxygen atoms in total. The van der Waals surface area contributed by atoms with Gasteiger partial charge in [-0.15, -0.1) is 0 Å². The second kappa shape index (κ2) is 7.28. The Bertz CT molecular complexity index is 716. The number of benzene rings is 1. The van der Waals surface area contributed by atoms with E-state index >= 15 is 0 Å². The van der Waals surface area contributed by atoms with Gasteiger partial charge in [-0.3, -0.25) is 9.16 Å². The van der Waals surface area contributed by atoms with Gasteiger partial charge in [-0.25, -0.2) is 4.98 Å². The Balaban J connectivity index is 2.04. The van der Waals surface area contributed by atoms with Crippen LogP contribution in [0.25, 0.3) is 11.3 Å². The zero-order valence-electron chi connectivity index (χ0n) is 14.8. The molecule has 0 radical (unpaired) electrons.